The maximum absolute atomic E-state index is 11.9. The molecule has 1 fully saturated rings. The third-order valence-electron chi connectivity index (χ3n) is 2.98. The second-order valence-electron chi connectivity index (χ2n) is 4.43. The van der Waals surface area contributed by atoms with Crippen molar-refractivity contribution in [2.45, 2.75) is 13.0 Å². The molecule has 2 rings (SSSR count). The van der Waals surface area contributed by atoms with Gasteiger partial charge in [-0.25, -0.2) is 4.98 Å². The molecule has 0 aliphatic carbocycles. The van der Waals surface area contributed by atoms with Crippen LogP contribution in [0.2, 0.25) is 0 Å². The molecule has 1 aromatic heterocycles. The van der Waals surface area contributed by atoms with Gasteiger partial charge in [0.2, 0.25) is 5.91 Å². The van der Waals surface area contributed by atoms with E-state index >= 15 is 0 Å². The van der Waals surface area contributed by atoms with E-state index in [9.17, 15) is 4.79 Å². The fraction of sp³-hybridized carbons (Fsp3) is 0.500. The van der Waals surface area contributed by atoms with Crippen molar-refractivity contribution < 1.29 is 4.79 Å². The second-order valence-corrected chi connectivity index (χ2v) is 5.35. The van der Waals surface area contributed by atoms with Crippen molar-refractivity contribution in [3.05, 3.63) is 22.8 Å². The number of rotatable bonds is 3. The molecule has 1 aromatic rings. The van der Waals surface area contributed by atoms with Crippen molar-refractivity contribution in [2.75, 3.05) is 31.5 Å². The van der Waals surface area contributed by atoms with E-state index in [4.69, 9.17) is 0 Å². The van der Waals surface area contributed by atoms with Gasteiger partial charge in [0, 0.05) is 36.3 Å². The van der Waals surface area contributed by atoms with Gasteiger partial charge in [-0.2, -0.15) is 0 Å². The average molecular weight is 386 g/mol. The Labute approximate surface area is 139 Å². The molecule has 0 radical (unpaired) electrons. The fourth-order valence-electron chi connectivity index (χ4n) is 1.93. The van der Waals surface area contributed by atoms with Gasteiger partial charge < -0.3 is 10.6 Å². The first-order valence-electron chi connectivity index (χ1n) is 6.01. The van der Waals surface area contributed by atoms with Gasteiger partial charge in [-0.1, -0.05) is 0 Å². The summed E-state index contributed by atoms with van der Waals surface area (Å²) < 4.78 is 0.899. The molecule has 1 aliphatic rings. The molecular weight excluding hydrogens is 367 g/mol. The molecule has 1 unspecified atom stereocenters. The lowest BCUT2D eigenvalue weighted by Crippen LogP contribution is -2.52. The standard InChI is InChI=1S/C12H17BrN4O.2ClH/c1-9-6-14-4-5-17(9)8-12(18)16-11-3-2-10(13)7-15-11;;/h2-3,7,9,14H,4-6,8H2,1H3,(H,15,16,18);2*1H. The van der Waals surface area contributed by atoms with Crippen LogP contribution in [-0.4, -0.2) is 48.0 Å². The molecule has 1 atom stereocenters. The second kappa shape index (κ2) is 9.52. The van der Waals surface area contributed by atoms with Crippen LogP contribution in [0.3, 0.4) is 0 Å². The van der Waals surface area contributed by atoms with Crippen molar-refractivity contribution in [1.29, 1.82) is 0 Å². The Morgan fingerprint density at radius 1 is 1.55 bits per heavy atom. The number of piperazine rings is 1. The number of nitrogens with one attached hydrogen (secondary N) is 2. The minimum absolute atomic E-state index is 0. The van der Waals surface area contributed by atoms with E-state index in [-0.39, 0.29) is 30.7 Å². The van der Waals surface area contributed by atoms with Gasteiger partial charge in [0.1, 0.15) is 5.82 Å². The van der Waals surface area contributed by atoms with Gasteiger partial charge >= 0.3 is 0 Å². The van der Waals surface area contributed by atoms with Crippen molar-refractivity contribution >= 4 is 52.5 Å². The van der Waals surface area contributed by atoms with E-state index in [1.54, 1.807) is 12.3 Å². The van der Waals surface area contributed by atoms with Crippen LogP contribution in [0.5, 0.6) is 0 Å². The Hall–Kier alpha value is -0.400. The molecule has 2 N–H and O–H groups in total. The molecule has 0 bridgehead atoms. The third-order valence-corrected chi connectivity index (χ3v) is 3.45. The molecule has 0 aromatic carbocycles. The van der Waals surface area contributed by atoms with Gasteiger partial charge in [0.15, 0.2) is 0 Å². The van der Waals surface area contributed by atoms with Crippen LogP contribution in [0.15, 0.2) is 22.8 Å². The lowest BCUT2D eigenvalue weighted by atomic mass is 10.2. The number of nitrogens with zero attached hydrogens (tertiary/aromatic N) is 2. The highest BCUT2D eigenvalue weighted by Gasteiger charge is 2.20. The lowest BCUT2D eigenvalue weighted by molar-refractivity contribution is -0.118. The van der Waals surface area contributed by atoms with Gasteiger partial charge in [0.05, 0.1) is 6.54 Å². The highest BCUT2D eigenvalue weighted by Crippen LogP contribution is 2.10. The Morgan fingerprint density at radius 2 is 2.30 bits per heavy atom. The van der Waals surface area contributed by atoms with Crippen LogP contribution in [0.25, 0.3) is 0 Å². The summed E-state index contributed by atoms with van der Waals surface area (Å²) in [6.07, 6.45) is 1.67. The molecule has 114 valence electrons. The number of anilines is 1. The molecule has 0 spiro atoms. The van der Waals surface area contributed by atoms with Crippen molar-refractivity contribution in [1.82, 2.24) is 15.2 Å². The van der Waals surface area contributed by atoms with E-state index in [0.717, 1.165) is 24.1 Å². The number of hydrogen-bond donors (Lipinski definition) is 2. The summed E-state index contributed by atoms with van der Waals surface area (Å²) in [6, 6.07) is 4.03. The minimum Gasteiger partial charge on any atom is -0.314 e. The Bertz CT molecular complexity index is 418. The predicted octanol–water partition coefficient (Wildman–Crippen LogP) is 1.92. The highest BCUT2D eigenvalue weighted by molar-refractivity contribution is 9.10. The maximum Gasteiger partial charge on any atom is 0.239 e. The summed E-state index contributed by atoms with van der Waals surface area (Å²) in [5.74, 6) is 0.574. The van der Waals surface area contributed by atoms with E-state index in [1.165, 1.54) is 0 Å². The first-order valence-corrected chi connectivity index (χ1v) is 6.80. The first-order chi connectivity index (χ1) is 8.65. The Balaban J connectivity index is 0.00000180. The predicted molar refractivity (Wildman–Crippen MR) is 89.0 cm³/mol. The Kier molecular flexibility index (Phi) is 9.33. The van der Waals surface area contributed by atoms with Crippen LogP contribution >= 0.6 is 40.7 Å². The maximum atomic E-state index is 11.9. The fourth-order valence-corrected chi connectivity index (χ4v) is 2.17. The zero-order chi connectivity index (χ0) is 13.0. The Morgan fingerprint density at radius 3 is 2.90 bits per heavy atom. The summed E-state index contributed by atoms with van der Waals surface area (Å²) in [4.78, 5) is 18.2. The number of aromatic nitrogens is 1. The van der Waals surface area contributed by atoms with Crippen molar-refractivity contribution in [3.63, 3.8) is 0 Å². The first kappa shape index (κ1) is 19.6. The third kappa shape index (κ3) is 5.93. The van der Waals surface area contributed by atoms with E-state index in [2.05, 4.69) is 43.4 Å². The summed E-state index contributed by atoms with van der Waals surface area (Å²) in [5.41, 5.74) is 0. The van der Waals surface area contributed by atoms with Gasteiger partial charge in [-0.3, -0.25) is 9.69 Å². The number of carbonyl (C=O) groups is 1. The molecule has 0 saturated carbocycles. The molecule has 1 saturated heterocycles. The number of hydrogen-bond acceptors (Lipinski definition) is 4. The van der Waals surface area contributed by atoms with Crippen molar-refractivity contribution in [3.8, 4) is 0 Å². The largest absolute Gasteiger partial charge is 0.314 e. The number of pyridine rings is 1. The highest BCUT2D eigenvalue weighted by atomic mass is 79.9. The van der Waals surface area contributed by atoms with Crippen LogP contribution < -0.4 is 10.6 Å². The lowest BCUT2D eigenvalue weighted by Gasteiger charge is -2.33. The van der Waals surface area contributed by atoms with Gasteiger partial charge in [-0.05, 0) is 35.0 Å². The molecule has 2 heterocycles. The normalized spacial score (nSPS) is 18.6. The van der Waals surface area contributed by atoms with Crippen LogP contribution in [0.4, 0.5) is 5.82 Å². The minimum atomic E-state index is -0.0152. The quantitative estimate of drug-likeness (QED) is 0.834. The van der Waals surface area contributed by atoms with Gasteiger partial charge in [-0.15, -0.1) is 24.8 Å². The average Bonchev–Trinajstić information content (AvgIpc) is 2.35. The summed E-state index contributed by atoms with van der Waals surface area (Å²) in [6.45, 7) is 5.32. The molecule has 20 heavy (non-hydrogen) atoms. The van der Waals surface area contributed by atoms with Crippen LogP contribution in [-0.2, 0) is 4.79 Å². The van der Waals surface area contributed by atoms with Crippen LogP contribution in [0, 0.1) is 0 Å². The monoisotopic (exact) mass is 384 g/mol. The smallest absolute Gasteiger partial charge is 0.239 e. The van der Waals surface area contributed by atoms with E-state index in [1.807, 2.05) is 6.07 Å². The van der Waals surface area contributed by atoms with Crippen LogP contribution in [0.1, 0.15) is 6.92 Å². The summed E-state index contributed by atoms with van der Waals surface area (Å²) in [5, 5.41) is 6.11. The SMILES string of the molecule is CC1CNCCN1CC(=O)Nc1ccc(Br)cn1.Cl.Cl. The number of carbonyl (C=O) groups excluding carboxylic acids is 1. The summed E-state index contributed by atoms with van der Waals surface area (Å²) >= 11 is 3.31. The van der Waals surface area contributed by atoms with Crippen molar-refractivity contribution in [2.24, 2.45) is 0 Å². The van der Waals surface area contributed by atoms with Gasteiger partial charge in [0.25, 0.3) is 0 Å². The number of halogens is 3. The zero-order valence-corrected chi connectivity index (χ0v) is 14.4. The zero-order valence-electron chi connectivity index (χ0n) is 11.1. The molecule has 5 nitrogen and oxygen atoms in total. The van der Waals surface area contributed by atoms with E-state index in [0.29, 0.717) is 18.4 Å². The molecule has 8 heteroatoms. The summed E-state index contributed by atoms with van der Waals surface area (Å²) in [7, 11) is 0. The molecule has 1 amide bonds. The van der Waals surface area contributed by atoms with E-state index < -0.39 is 0 Å². The number of amides is 1. The topological polar surface area (TPSA) is 57.3 Å². The molecular formula is C12H19BrCl2N4O. The molecule has 1 aliphatic heterocycles.